The Balaban J connectivity index is 2.17. The van der Waals surface area contributed by atoms with E-state index in [1.54, 1.807) is 6.07 Å². The van der Waals surface area contributed by atoms with E-state index in [2.05, 4.69) is 0 Å². The molecule has 0 aliphatic carbocycles. The Morgan fingerprint density at radius 1 is 1.40 bits per heavy atom. The average Bonchev–Trinajstić information content (AvgIpc) is 3.03. The Hall–Kier alpha value is -1.77. The zero-order valence-corrected chi connectivity index (χ0v) is 15.8. The van der Waals surface area contributed by atoms with Gasteiger partial charge >= 0.3 is 5.97 Å². The van der Waals surface area contributed by atoms with Crippen molar-refractivity contribution in [1.82, 2.24) is 0 Å². The van der Waals surface area contributed by atoms with Gasteiger partial charge in [-0.1, -0.05) is 0 Å². The highest BCUT2D eigenvalue weighted by molar-refractivity contribution is 7.85. The molecule has 6 nitrogen and oxygen atoms in total. The first-order valence-corrected chi connectivity index (χ1v) is 10.3. The molecule has 0 unspecified atom stereocenters. The molecule has 8 heteroatoms. The van der Waals surface area contributed by atoms with Crippen molar-refractivity contribution in [3.8, 4) is 0 Å². The summed E-state index contributed by atoms with van der Waals surface area (Å²) in [6.07, 6.45) is 0.227. The highest BCUT2D eigenvalue weighted by Gasteiger charge is 2.45. The van der Waals surface area contributed by atoms with Gasteiger partial charge in [0.05, 0.1) is 31.2 Å². The van der Waals surface area contributed by atoms with E-state index in [-0.39, 0.29) is 17.4 Å². The first-order valence-electron chi connectivity index (χ1n) is 7.87. The molecule has 0 amide bonds. The molecule has 0 saturated carbocycles. The predicted molar refractivity (Wildman–Crippen MR) is 96.5 cm³/mol. The fraction of sp³-hybridized carbons (Fsp3) is 0.412. The van der Waals surface area contributed by atoms with Crippen molar-refractivity contribution in [3.63, 3.8) is 0 Å². The molecule has 0 saturated heterocycles. The van der Waals surface area contributed by atoms with Crippen LogP contribution in [0.2, 0.25) is 0 Å². The number of thiophene rings is 1. The van der Waals surface area contributed by atoms with Crippen LogP contribution in [0.15, 0.2) is 17.5 Å². The fourth-order valence-corrected chi connectivity index (χ4v) is 4.82. The van der Waals surface area contributed by atoms with Crippen LogP contribution in [0, 0.1) is 0 Å². The summed E-state index contributed by atoms with van der Waals surface area (Å²) in [7, 11) is -4.25. The molecular formula is C17H19NO5S2. The monoisotopic (exact) mass is 381 g/mol. The van der Waals surface area contributed by atoms with Crippen molar-refractivity contribution < 1.29 is 27.4 Å². The average molecular weight is 381 g/mol. The van der Waals surface area contributed by atoms with Gasteiger partial charge < -0.3 is 9.66 Å². The highest BCUT2D eigenvalue weighted by atomic mass is 32.2. The van der Waals surface area contributed by atoms with Gasteiger partial charge in [-0.15, -0.1) is 11.3 Å². The van der Waals surface area contributed by atoms with Crippen LogP contribution < -0.4 is 0 Å². The zero-order valence-electron chi connectivity index (χ0n) is 14.2. The van der Waals surface area contributed by atoms with Crippen LogP contribution in [0.25, 0.3) is 10.1 Å². The Morgan fingerprint density at radius 2 is 2.08 bits per heavy atom. The van der Waals surface area contributed by atoms with E-state index in [9.17, 15) is 22.9 Å². The number of aromatic carboxylic acids is 1. The summed E-state index contributed by atoms with van der Waals surface area (Å²) >= 11 is 1.38. The standard InChI is InChI=1S/C17H19NO5S2/c1-10-17(2,3)13-9-12(16(19)20)15-11(5-7-24-15)14(13)18(10)6-4-8-25(21,22)23/h5,7,9H,4,6,8H2,1-3H3,(H-,19,20,21,22,23). The third-order valence-corrected chi connectivity index (χ3v) is 6.70. The Kier molecular flexibility index (Phi) is 4.25. The van der Waals surface area contributed by atoms with Crippen LogP contribution in [-0.2, 0) is 15.5 Å². The maximum Gasteiger partial charge on any atom is 0.337 e. The quantitative estimate of drug-likeness (QED) is 0.634. The first kappa shape index (κ1) is 18.0. The molecule has 3 rings (SSSR count). The second-order valence-corrected chi connectivity index (χ2v) is 9.21. The molecule has 0 bridgehead atoms. The summed E-state index contributed by atoms with van der Waals surface area (Å²) in [6.45, 7) is 6.41. The number of fused-ring (bicyclic) bond motifs is 3. The molecule has 1 aromatic carbocycles. The van der Waals surface area contributed by atoms with E-state index in [1.165, 1.54) is 11.3 Å². The lowest BCUT2D eigenvalue weighted by Crippen LogP contribution is -2.27. The molecule has 0 fully saturated rings. The lowest BCUT2D eigenvalue weighted by atomic mass is 9.81. The number of carboxylic acids is 1. The number of nitrogens with zero attached hydrogens (tertiary/aromatic N) is 1. The van der Waals surface area contributed by atoms with Gasteiger partial charge in [-0.3, -0.25) is 0 Å². The second kappa shape index (κ2) is 5.89. The van der Waals surface area contributed by atoms with Crippen LogP contribution in [0.3, 0.4) is 0 Å². The SMILES string of the molecule is CC1=[N+](CCCS(=O)(=O)[O-])c2c(cc(C(=O)O)c3sccc23)C1(C)C. The molecule has 1 N–H and O–H groups in total. The molecule has 1 aliphatic rings. The van der Waals surface area contributed by atoms with E-state index < -0.39 is 21.8 Å². The van der Waals surface area contributed by atoms with Crippen LogP contribution in [0.4, 0.5) is 5.69 Å². The third kappa shape index (κ3) is 2.98. The minimum Gasteiger partial charge on any atom is -0.748 e. The van der Waals surface area contributed by atoms with E-state index in [0.29, 0.717) is 11.2 Å². The number of carboxylic acid groups (broad SMARTS) is 1. The molecule has 1 aromatic heterocycles. The summed E-state index contributed by atoms with van der Waals surface area (Å²) in [5.74, 6) is -1.37. The molecule has 25 heavy (non-hydrogen) atoms. The minimum atomic E-state index is -4.25. The normalized spacial score (nSPS) is 16.5. The van der Waals surface area contributed by atoms with Crippen molar-refractivity contribution >= 4 is 48.9 Å². The maximum absolute atomic E-state index is 11.7. The van der Waals surface area contributed by atoms with Crippen molar-refractivity contribution in [2.24, 2.45) is 0 Å². The Labute approximate surface area is 150 Å². The van der Waals surface area contributed by atoms with Gasteiger partial charge in [0, 0.05) is 24.7 Å². The maximum atomic E-state index is 11.7. The highest BCUT2D eigenvalue weighted by Crippen LogP contribution is 2.46. The van der Waals surface area contributed by atoms with Gasteiger partial charge in [0.1, 0.15) is 6.54 Å². The third-order valence-electron chi connectivity index (χ3n) is 4.97. The van der Waals surface area contributed by atoms with Gasteiger partial charge in [-0.2, -0.15) is 4.58 Å². The molecule has 0 atom stereocenters. The van der Waals surface area contributed by atoms with Gasteiger partial charge in [-0.05, 0) is 31.4 Å². The number of carbonyl (C=O) groups is 1. The minimum absolute atomic E-state index is 0.227. The summed E-state index contributed by atoms with van der Waals surface area (Å²) in [5, 5.41) is 12.3. The lowest BCUT2D eigenvalue weighted by Gasteiger charge is -2.15. The molecule has 2 heterocycles. The molecule has 1 aliphatic heterocycles. The number of hydrogen-bond donors (Lipinski definition) is 1. The summed E-state index contributed by atoms with van der Waals surface area (Å²) in [4.78, 5) is 11.7. The fourth-order valence-electron chi connectivity index (χ4n) is 3.43. The van der Waals surface area contributed by atoms with Gasteiger partial charge in [0.25, 0.3) is 0 Å². The van der Waals surface area contributed by atoms with Crippen molar-refractivity contribution in [2.45, 2.75) is 32.6 Å². The molecule has 0 radical (unpaired) electrons. The van der Waals surface area contributed by atoms with E-state index in [0.717, 1.165) is 22.3 Å². The second-order valence-electron chi connectivity index (χ2n) is 6.77. The van der Waals surface area contributed by atoms with Crippen LogP contribution >= 0.6 is 11.3 Å². The zero-order chi connectivity index (χ0) is 18.6. The number of benzene rings is 1. The number of rotatable bonds is 5. The molecule has 2 aromatic rings. The van der Waals surface area contributed by atoms with E-state index >= 15 is 0 Å². The molecular weight excluding hydrogens is 362 g/mol. The summed E-state index contributed by atoms with van der Waals surface area (Å²) in [5.41, 5.74) is 2.77. The van der Waals surface area contributed by atoms with E-state index in [4.69, 9.17) is 0 Å². The van der Waals surface area contributed by atoms with Gasteiger partial charge in [0.2, 0.25) is 5.69 Å². The van der Waals surface area contributed by atoms with Crippen LogP contribution in [-0.4, -0.2) is 46.6 Å². The number of hydrogen-bond acceptors (Lipinski definition) is 5. The van der Waals surface area contributed by atoms with Gasteiger partial charge in [-0.25, -0.2) is 13.2 Å². The van der Waals surface area contributed by atoms with Crippen molar-refractivity contribution in [1.29, 1.82) is 0 Å². The summed E-state index contributed by atoms with van der Waals surface area (Å²) in [6, 6.07) is 3.63. The Bertz CT molecular complexity index is 1020. The van der Waals surface area contributed by atoms with Crippen molar-refractivity contribution in [3.05, 3.63) is 28.6 Å². The topological polar surface area (TPSA) is 97.5 Å². The largest absolute Gasteiger partial charge is 0.748 e. The van der Waals surface area contributed by atoms with Crippen LogP contribution in [0.1, 0.15) is 43.1 Å². The first-order chi connectivity index (χ1) is 11.5. The summed E-state index contributed by atoms with van der Waals surface area (Å²) < 4.78 is 35.5. The van der Waals surface area contributed by atoms with E-state index in [1.807, 2.05) is 36.8 Å². The van der Waals surface area contributed by atoms with Gasteiger partial charge in [0.15, 0.2) is 5.71 Å². The lowest BCUT2D eigenvalue weighted by molar-refractivity contribution is -0.437. The molecule has 134 valence electrons. The Morgan fingerprint density at radius 3 is 2.68 bits per heavy atom. The molecule has 0 spiro atoms. The van der Waals surface area contributed by atoms with Crippen molar-refractivity contribution in [2.75, 3.05) is 12.3 Å². The smallest absolute Gasteiger partial charge is 0.337 e. The van der Waals surface area contributed by atoms with Crippen LogP contribution in [0.5, 0.6) is 0 Å². The predicted octanol–water partition coefficient (Wildman–Crippen LogP) is 2.93.